The van der Waals surface area contributed by atoms with E-state index in [2.05, 4.69) is 24.6 Å². The fourth-order valence-electron chi connectivity index (χ4n) is 6.33. The number of nitrogens with two attached hydrogens (primary N) is 1. The van der Waals surface area contributed by atoms with Gasteiger partial charge >= 0.3 is 0 Å². The zero-order valence-corrected chi connectivity index (χ0v) is 16.5. The lowest BCUT2D eigenvalue weighted by Crippen LogP contribution is -2.51. The third-order valence-corrected chi connectivity index (χ3v) is 8.22. The van der Waals surface area contributed by atoms with Crippen molar-refractivity contribution in [1.29, 1.82) is 0 Å². The van der Waals surface area contributed by atoms with Gasteiger partial charge in [0.1, 0.15) is 5.75 Å². The van der Waals surface area contributed by atoms with Gasteiger partial charge < -0.3 is 5.11 Å². The van der Waals surface area contributed by atoms with Crippen molar-refractivity contribution < 1.29 is 13.5 Å². The Morgan fingerprint density at radius 1 is 1.27 bits per heavy atom. The van der Waals surface area contributed by atoms with E-state index in [1.54, 1.807) is 0 Å². The van der Waals surface area contributed by atoms with Crippen LogP contribution in [-0.2, 0) is 23.1 Å². The van der Waals surface area contributed by atoms with Crippen molar-refractivity contribution >= 4 is 10.2 Å². The molecule has 1 aromatic carbocycles. The summed E-state index contributed by atoms with van der Waals surface area (Å²) in [5.41, 5.74) is 3.77. The van der Waals surface area contributed by atoms with Gasteiger partial charge in [0.25, 0.3) is 10.2 Å². The molecule has 0 unspecified atom stereocenters. The van der Waals surface area contributed by atoms with Crippen LogP contribution in [0.5, 0.6) is 5.75 Å². The first-order valence-electron chi connectivity index (χ1n) is 9.87. The Hall–Kier alpha value is -1.11. The first-order valence-corrected chi connectivity index (χ1v) is 11.4. The van der Waals surface area contributed by atoms with Crippen LogP contribution in [0.15, 0.2) is 12.1 Å². The zero-order valence-electron chi connectivity index (χ0n) is 15.7. The maximum Gasteiger partial charge on any atom is 0.274 e. The second-order valence-electron chi connectivity index (χ2n) is 8.79. The van der Waals surface area contributed by atoms with Crippen molar-refractivity contribution in [2.75, 3.05) is 0 Å². The molecule has 5 atom stereocenters. The third kappa shape index (κ3) is 2.86. The smallest absolute Gasteiger partial charge is 0.274 e. The van der Waals surface area contributed by atoms with Crippen LogP contribution in [0.4, 0.5) is 0 Å². The van der Waals surface area contributed by atoms with E-state index < -0.39 is 10.2 Å². The number of aryl methyl sites for hydroxylation is 2. The van der Waals surface area contributed by atoms with Crippen LogP contribution in [0.25, 0.3) is 0 Å². The number of fused-ring (bicyclic) bond motifs is 5. The fraction of sp³-hybridized carbons (Fsp3) is 0.700. The highest BCUT2D eigenvalue weighted by atomic mass is 32.2. The average molecular weight is 379 g/mol. The zero-order chi connectivity index (χ0) is 18.7. The molecule has 5 nitrogen and oxygen atoms in total. The van der Waals surface area contributed by atoms with E-state index >= 15 is 0 Å². The Bertz CT molecular complexity index is 823. The Balaban J connectivity index is 1.65. The summed E-state index contributed by atoms with van der Waals surface area (Å²) in [5.74, 6) is 2.11. The van der Waals surface area contributed by atoms with Crippen LogP contribution in [-0.4, -0.2) is 19.6 Å². The molecule has 4 rings (SSSR count). The van der Waals surface area contributed by atoms with Gasteiger partial charge in [-0.05, 0) is 90.9 Å². The Morgan fingerprint density at radius 2 is 2.04 bits per heavy atom. The molecule has 0 aliphatic heterocycles. The van der Waals surface area contributed by atoms with Crippen molar-refractivity contribution in [3.63, 3.8) is 0 Å². The highest BCUT2D eigenvalue weighted by Gasteiger charge is 2.55. The van der Waals surface area contributed by atoms with Crippen LogP contribution in [0, 0.1) is 17.3 Å². The van der Waals surface area contributed by atoms with Gasteiger partial charge in [0.15, 0.2) is 0 Å². The molecule has 0 amide bonds. The molecule has 1 aromatic rings. The summed E-state index contributed by atoms with van der Waals surface area (Å²) in [6.45, 7) is 4.34. The summed E-state index contributed by atoms with van der Waals surface area (Å²) < 4.78 is 25.9. The topological polar surface area (TPSA) is 92.4 Å². The molecule has 0 spiro atoms. The normalized spacial score (nSPS) is 36.3. The molecule has 0 saturated heterocycles. The van der Waals surface area contributed by atoms with Gasteiger partial charge in [-0.3, -0.25) is 0 Å². The molecule has 2 saturated carbocycles. The number of benzene rings is 1. The SMILES string of the molecule is CCc1cc2c(cc1O)CC[C@@H]1[C@@H]2CC[C@]2(C)[C@@H](NS(N)(=O)=O)CC[C@@H]12. The molecule has 0 heterocycles. The van der Waals surface area contributed by atoms with Crippen LogP contribution in [0.2, 0.25) is 0 Å². The van der Waals surface area contributed by atoms with Gasteiger partial charge in [0, 0.05) is 6.04 Å². The summed E-state index contributed by atoms with van der Waals surface area (Å²) in [6, 6.07) is 4.17. The number of rotatable bonds is 3. The highest BCUT2D eigenvalue weighted by molar-refractivity contribution is 7.87. The lowest BCUT2D eigenvalue weighted by Gasteiger charge is -2.51. The van der Waals surface area contributed by atoms with Crippen LogP contribution >= 0.6 is 0 Å². The molecule has 4 N–H and O–H groups in total. The summed E-state index contributed by atoms with van der Waals surface area (Å²) >= 11 is 0. The summed E-state index contributed by atoms with van der Waals surface area (Å²) in [7, 11) is -3.67. The Labute approximate surface area is 156 Å². The van der Waals surface area contributed by atoms with Gasteiger partial charge in [-0.1, -0.05) is 19.9 Å². The minimum atomic E-state index is -3.67. The van der Waals surface area contributed by atoms with Crippen molar-refractivity contribution in [1.82, 2.24) is 4.72 Å². The van der Waals surface area contributed by atoms with Crippen LogP contribution in [0.3, 0.4) is 0 Å². The minimum Gasteiger partial charge on any atom is -0.508 e. The van der Waals surface area contributed by atoms with Crippen LogP contribution in [0.1, 0.15) is 68.6 Å². The van der Waals surface area contributed by atoms with E-state index in [1.165, 1.54) is 11.1 Å². The molecule has 144 valence electrons. The minimum absolute atomic E-state index is 0.00435. The maximum atomic E-state index is 11.6. The fourth-order valence-corrected chi connectivity index (χ4v) is 7.11. The lowest BCUT2D eigenvalue weighted by atomic mass is 9.55. The molecule has 2 fully saturated rings. The van der Waals surface area contributed by atoms with Gasteiger partial charge in [0.05, 0.1) is 0 Å². The predicted octanol–water partition coefficient (Wildman–Crippen LogP) is 2.97. The van der Waals surface area contributed by atoms with Crippen molar-refractivity contribution in [2.45, 2.75) is 70.8 Å². The van der Waals surface area contributed by atoms with E-state index in [1.807, 2.05) is 6.07 Å². The number of phenols is 1. The molecular weight excluding hydrogens is 348 g/mol. The number of hydrogen-bond acceptors (Lipinski definition) is 3. The monoisotopic (exact) mass is 378 g/mol. The third-order valence-electron chi connectivity index (χ3n) is 7.61. The van der Waals surface area contributed by atoms with E-state index in [0.29, 0.717) is 23.5 Å². The van der Waals surface area contributed by atoms with Crippen molar-refractivity contribution in [3.8, 4) is 5.75 Å². The first kappa shape index (κ1) is 18.3. The molecule has 0 radical (unpaired) electrons. The number of hydrogen-bond donors (Lipinski definition) is 3. The van der Waals surface area contributed by atoms with Crippen LogP contribution < -0.4 is 9.86 Å². The second-order valence-corrected chi connectivity index (χ2v) is 10.1. The second kappa shape index (κ2) is 6.21. The van der Waals surface area contributed by atoms with Crippen molar-refractivity contribution in [3.05, 3.63) is 28.8 Å². The number of aromatic hydroxyl groups is 1. The molecule has 3 aliphatic carbocycles. The molecule has 3 aliphatic rings. The first-order chi connectivity index (χ1) is 12.2. The Morgan fingerprint density at radius 3 is 2.73 bits per heavy atom. The van der Waals surface area contributed by atoms with Gasteiger partial charge in [0.2, 0.25) is 0 Å². The maximum absolute atomic E-state index is 11.6. The molecule has 0 bridgehead atoms. The average Bonchev–Trinajstić information content (AvgIpc) is 2.89. The molecule has 6 heteroatoms. The van der Waals surface area contributed by atoms with Gasteiger partial charge in [-0.25, -0.2) is 5.14 Å². The van der Waals surface area contributed by atoms with E-state index in [9.17, 15) is 13.5 Å². The summed E-state index contributed by atoms with van der Waals surface area (Å²) in [6.07, 6.45) is 7.04. The number of phenolic OH excluding ortho intramolecular Hbond substituents is 1. The van der Waals surface area contributed by atoms with Gasteiger partial charge in [-0.2, -0.15) is 13.1 Å². The largest absolute Gasteiger partial charge is 0.508 e. The highest BCUT2D eigenvalue weighted by Crippen LogP contribution is 2.61. The molecule has 26 heavy (non-hydrogen) atoms. The molecular formula is C20H30N2O3S. The number of nitrogens with one attached hydrogen (secondary N) is 1. The van der Waals surface area contributed by atoms with Crippen molar-refractivity contribution in [2.24, 2.45) is 22.4 Å². The Kier molecular flexibility index (Phi) is 4.36. The standard InChI is InChI=1S/C20H30N2O3S/c1-3-12-10-16-13(11-18(12)23)4-5-15-14(16)8-9-20(2)17(15)6-7-19(20)22-26(21,24)25/h10-11,14-15,17,19,22-23H,3-9H2,1-2H3,(H2,21,24,25)/t14-,15+,17-,19-,20-/m0/s1. The summed E-state index contributed by atoms with van der Waals surface area (Å²) in [5, 5.41) is 15.5. The quantitative estimate of drug-likeness (QED) is 0.755. The van der Waals surface area contributed by atoms with Gasteiger partial charge in [-0.15, -0.1) is 0 Å². The lowest BCUT2D eigenvalue weighted by molar-refractivity contribution is 0.0462. The molecule has 0 aromatic heterocycles. The van der Waals surface area contributed by atoms with E-state index in [4.69, 9.17) is 5.14 Å². The summed E-state index contributed by atoms with van der Waals surface area (Å²) in [4.78, 5) is 0. The predicted molar refractivity (Wildman–Crippen MR) is 102 cm³/mol. The van der Waals surface area contributed by atoms with E-state index in [0.717, 1.165) is 50.5 Å². The van der Waals surface area contributed by atoms with E-state index in [-0.39, 0.29) is 11.5 Å².